The number of hydrogen-bond donors (Lipinski definition) is 1. The smallest absolute Gasteiger partial charge is 0.229 e. The second-order valence-corrected chi connectivity index (χ2v) is 8.86. The first kappa shape index (κ1) is 19.2. The number of rotatable bonds is 6. The Bertz CT molecular complexity index is 1030. The zero-order valence-corrected chi connectivity index (χ0v) is 17.6. The van der Waals surface area contributed by atoms with Crippen LogP contribution in [0.4, 0.5) is 5.13 Å². The minimum Gasteiger partial charge on any atom is -0.497 e. The van der Waals surface area contributed by atoms with E-state index in [2.05, 4.69) is 43.8 Å². The highest BCUT2D eigenvalue weighted by molar-refractivity contribution is 7.10. The molecular formula is C23H24N4O2S. The molecule has 0 spiro atoms. The van der Waals surface area contributed by atoms with Crippen LogP contribution in [0, 0.1) is 17.8 Å². The third kappa shape index (κ3) is 3.82. The lowest BCUT2D eigenvalue weighted by atomic mass is 9.61. The molecule has 3 heterocycles. The summed E-state index contributed by atoms with van der Waals surface area (Å²) in [5.74, 6) is 2.40. The highest BCUT2D eigenvalue weighted by Crippen LogP contribution is 2.46. The molecule has 1 saturated carbocycles. The van der Waals surface area contributed by atoms with Crippen molar-refractivity contribution in [2.24, 2.45) is 17.8 Å². The van der Waals surface area contributed by atoms with Crippen LogP contribution in [-0.2, 0) is 11.3 Å². The Kier molecular flexibility index (Phi) is 5.23. The van der Waals surface area contributed by atoms with E-state index in [9.17, 15) is 4.79 Å². The summed E-state index contributed by atoms with van der Waals surface area (Å²) in [6.45, 7) is 2.92. The number of benzene rings is 2. The maximum Gasteiger partial charge on any atom is 0.229 e. The first-order chi connectivity index (χ1) is 14.7. The van der Waals surface area contributed by atoms with Crippen LogP contribution in [-0.4, -0.2) is 40.4 Å². The fraction of sp³-hybridized carbons (Fsp3) is 0.348. The van der Waals surface area contributed by atoms with Crippen LogP contribution in [0.15, 0.2) is 54.6 Å². The zero-order valence-electron chi connectivity index (χ0n) is 16.8. The van der Waals surface area contributed by atoms with Gasteiger partial charge in [0, 0.05) is 42.6 Å². The lowest BCUT2D eigenvalue weighted by Crippen LogP contribution is -2.58. The number of nitrogens with zero attached hydrogens (tertiary/aromatic N) is 3. The topological polar surface area (TPSA) is 67.3 Å². The molecular weight excluding hydrogens is 396 g/mol. The average molecular weight is 421 g/mol. The third-order valence-electron chi connectivity index (χ3n) is 6.14. The van der Waals surface area contributed by atoms with Gasteiger partial charge in [0.1, 0.15) is 5.75 Å². The van der Waals surface area contributed by atoms with Crippen molar-refractivity contribution in [1.29, 1.82) is 0 Å². The molecule has 2 aliphatic heterocycles. The van der Waals surface area contributed by atoms with Gasteiger partial charge in [-0.2, -0.15) is 9.36 Å². The van der Waals surface area contributed by atoms with E-state index in [1.165, 1.54) is 17.1 Å². The van der Waals surface area contributed by atoms with Gasteiger partial charge in [-0.15, -0.1) is 0 Å². The predicted octanol–water partition coefficient (Wildman–Crippen LogP) is 3.92. The monoisotopic (exact) mass is 420 g/mol. The Hall–Kier alpha value is -2.77. The standard InChI is InChI=1S/C23H24N4O2S/c1-29-19-9-5-8-16(11-19)21-24-23(30-26-21)25-22(28)20-17-10-18(20)14-27(13-17)12-15-6-3-2-4-7-15/h2-9,11,17-18,20H,10,12-14H2,1H3,(H,24,25,26,28)/t17-,18-/m0/s1. The third-order valence-corrected chi connectivity index (χ3v) is 6.77. The second kappa shape index (κ2) is 8.16. The predicted molar refractivity (Wildman–Crippen MR) is 117 cm³/mol. The molecule has 3 aliphatic rings. The number of carbonyl (C=O) groups is 1. The maximum atomic E-state index is 12.9. The number of ether oxygens (including phenoxy) is 1. The van der Waals surface area contributed by atoms with Crippen molar-refractivity contribution in [3.05, 3.63) is 60.2 Å². The van der Waals surface area contributed by atoms with Crippen LogP contribution in [0.2, 0.25) is 0 Å². The van der Waals surface area contributed by atoms with Crippen molar-refractivity contribution in [2.45, 2.75) is 13.0 Å². The molecule has 2 saturated heterocycles. The van der Waals surface area contributed by atoms with Gasteiger partial charge in [0.25, 0.3) is 0 Å². The molecule has 2 atom stereocenters. The molecule has 1 aromatic heterocycles. The molecule has 6 rings (SSSR count). The maximum absolute atomic E-state index is 12.9. The number of amides is 1. The quantitative estimate of drug-likeness (QED) is 0.655. The van der Waals surface area contributed by atoms with Gasteiger partial charge in [0.2, 0.25) is 11.0 Å². The van der Waals surface area contributed by atoms with Gasteiger partial charge >= 0.3 is 0 Å². The SMILES string of the molecule is COc1cccc(-c2nsc(NC(=O)C3[C@H]4C[C@H]3CN(Cc3ccccc3)C4)n2)c1. The molecule has 3 fully saturated rings. The van der Waals surface area contributed by atoms with Gasteiger partial charge in [-0.25, -0.2) is 0 Å². The van der Waals surface area contributed by atoms with Gasteiger partial charge in [0.15, 0.2) is 5.82 Å². The lowest BCUT2D eigenvalue weighted by molar-refractivity contribution is -0.136. The summed E-state index contributed by atoms with van der Waals surface area (Å²) in [5, 5.41) is 3.57. The van der Waals surface area contributed by atoms with Crippen LogP contribution in [0.1, 0.15) is 12.0 Å². The number of aromatic nitrogens is 2. The van der Waals surface area contributed by atoms with Gasteiger partial charge in [-0.05, 0) is 36.0 Å². The van der Waals surface area contributed by atoms with Gasteiger partial charge in [0.05, 0.1) is 7.11 Å². The number of methoxy groups -OCH3 is 1. The molecule has 0 unspecified atom stereocenters. The molecule has 7 heteroatoms. The molecule has 0 radical (unpaired) electrons. The summed E-state index contributed by atoms with van der Waals surface area (Å²) in [6.07, 6.45) is 1.15. The first-order valence-corrected chi connectivity index (χ1v) is 11.0. The molecule has 1 N–H and O–H groups in total. The highest BCUT2D eigenvalue weighted by atomic mass is 32.1. The van der Waals surface area contributed by atoms with Gasteiger partial charge in [-0.3, -0.25) is 9.69 Å². The summed E-state index contributed by atoms with van der Waals surface area (Å²) in [6, 6.07) is 18.2. The van der Waals surface area contributed by atoms with E-state index in [1.807, 2.05) is 30.3 Å². The van der Waals surface area contributed by atoms with E-state index < -0.39 is 0 Å². The average Bonchev–Trinajstić information content (AvgIpc) is 3.23. The fourth-order valence-corrected chi connectivity index (χ4v) is 5.32. The number of hydrogen-bond acceptors (Lipinski definition) is 6. The van der Waals surface area contributed by atoms with Crippen molar-refractivity contribution < 1.29 is 9.53 Å². The summed E-state index contributed by atoms with van der Waals surface area (Å²) < 4.78 is 9.67. The minimum atomic E-state index is 0.0844. The van der Waals surface area contributed by atoms with Crippen LogP contribution in [0.3, 0.4) is 0 Å². The van der Waals surface area contributed by atoms with E-state index in [0.717, 1.165) is 37.4 Å². The molecule has 3 aromatic rings. The molecule has 154 valence electrons. The second-order valence-electron chi connectivity index (χ2n) is 8.11. The highest BCUT2D eigenvalue weighted by Gasteiger charge is 2.50. The van der Waals surface area contributed by atoms with E-state index >= 15 is 0 Å². The van der Waals surface area contributed by atoms with Crippen molar-refractivity contribution in [3.8, 4) is 17.1 Å². The number of carbonyl (C=O) groups excluding carboxylic acids is 1. The Morgan fingerprint density at radius 1 is 1.17 bits per heavy atom. The van der Waals surface area contributed by atoms with E-state index in [0.29, 0.717) is 22.8 Å². The fourth-order valence-electron chi connectivity index (χ4n) is 4.73. The molecule has 30 heavy (non-hydrogen) atoms. The number of piperidine rings is 2. The van der Waals surface area contributed by atoms with Gasteiger partial charge < -0.3 is 10.1 Å². The molecule has 2 bridgehead atoms. The van der Waals surface area contributed by atoms with Crippen molar-refractivity contribution in [1.82, 2.24) is 14.3 Å². The van der Waals surface area contributed by atoms with Crippen LogP contribution in [0.5, 0.6) is 5.75 Å². The number of anilines is 1. The van der Waals surface area contributed by atoms with Gasteiger partial charge in [-0.1, -0.05) is 42.5 Å². The lowest BCUT2D eigenvalue weighted by Gasteiger charge is -2.52. The molecule has 6 nitrogen and oxygen atoms in total. The largest absolute Gasteiger partial charge is 0.497 e. The summed E-state index contributed by atoms with van der Waals surface area (Å²) >= 11 is 1.22. The Balaban J connectivity index is 1.20. The van der Waals surface area contributed by atoms with Crippen molar-refractivity contribution >= 4 is 22.6 Å². The van der Waals surface area contributed by atoms with E-state index in [4.69, 9.17) is 4.74 Å². The molecule has 1 aliphatic carbocycles. The summed E-state index contributed by atoms with van der Waals surface area (Å²) in [5.41, 5.74) is 2.21. The zero-order chi connectivity index (χ0) is 20.5. The number of nitrogens with one attached hydrogen (secondary N) is 1. The Morgan fingerprint density at radius 3 is 2.73 bits per heavy atom. The van der Waals surface area contributed by atoms with Crippen LogP contribution < -0.4 is 10.1 Å². The summed E-state index contributed by atoms with van der Waals surface area (Å²) in [4.78, 5) is 19.9. The Labute approximate surface area is 180 Å². The van der Waals surface area contributed by atoms with Crippen molar-refractivity contribution in [2.75, 3.05) is 25.5 Å². The van der Waals surface area contributed by atoms with E-state index in [-0.39, 0.29) is 11.8 Å². The normalized spacial score (nSPS) is 22.9. The number of fused-ring (bicyclic) bond motifs is 2. The Morgan fingerprint density at radius 2 is 1.97 bits per heavy atom. The van der Waals surface area contributed by atoms with Crippen LogP contribution >= 0.6 is 11.5 Å². The molecule has 1 amide bonds. The summed E-state index contributed by atoms with van der Waals surface area (Å²) in [7, 11) is 1.63. The first-order valence-electron chi connectivity index (χ1n) is 10.2. The molecule has 2 aromatic carbocycles. The van der Waals surface area contributed by atoms with E-state index in [1.54, 1.807) is 7.11 Å². The minimum absolute atomic E-state index is 0.0844. The van der Waals surface area contributed by atoms with Crippen molar-refractivity contribution in [3.63, 3.8) is 0 Å². The van der Waals surface area contributed by atoms with Crippen LogP contribution in [0.25, 0.3) is 11.4 Å².